The van der Waals surface area contributed by atoms with Crippen LogP contribution in [0.25, 0.3) is 0 Å². The fraction of sp³-hybridized carbons (Fsp3) is 0.941. The second-order valence-electron chi connectivity index (χ2n) is 7.49. The molecule has 3 fully saturated rings. The van der Waals surface area contributed by atoms with Gasteiger partial charge in [0, 0.05) is 37.9 Å². The van der Waals surface area contributed by atoms with Gasteiger partial charge in [-0.15, -0.1) is 0 Å². The molecule has 5 heteroatoms. The van der Waals surface area contributed by atoms with Gasteiger partial charge in [-0.05, 0) is 57.3 Å². The van der Waals surface area contributed by atoms with Gasteiger partial charge in [0.2, 0.25) is 0 Å². The molecule has 2 N–H and O–H groups in total. The molecule has 1 heterocycles. The Hall–Kier alpha value is -0.650. The average Bonchev–Trinajstić information content (AvgIpc) is 3.26. The highest BCUT2D eigenvalue weighted by molar-refractivity contribution is 5.69. The van der Waals surface area contributed by atoms with Crippen molar-refractivity contribution in [2.24, 2.45) is 11.8 Å². The number of ether oxygens (including phenoxy) is 1. The van der Waals surface area contributed by atoms with E-state index in [-0.39, 0.29) is 6.54 Å². The topological polar surface area (TPSA) is 61.8 Å². The first-order chi connectivity index (χ1) is 10.6. The number of hydrogen-bond acceptors (Lipinski definition) is 4. The highest BCUT2D eigenvalue weighted by Crippen LogP contribution is 2.34. The van der Waals surface area contributed by atoms with E-state index in [1.807, 2.05) is 0 Å². The number of hydrogen-bond donors (Lipinski definition) is 2. The summed E-state index contributed by atoms with van der Waals surface area (Å²) in [6.07, 6.45) is 7.10. The van der Waals surface area contributed by atoms with Crippen LogP contribution in [0.5, 0.6) is 0 Å². The minimum atomic E-state index is -0.687. The van der Waals surface area contributed by atoms with Gasteiger partial charge in [0.05, 0.1) is 6.54 Å². The highest BCUT2D eigenvalue weighted by Gasteiger charge is 2.38. The van der Waals surface area contributed by atoms with Crippen molar-refractivity contribution in [2.45, 2.75) is 63.6 Å². The van der Waals surface area contributed by atoms with E-state index in [4.69, 9.17) is 9.84 Å². The van der Waals surface area contributed by atoms with E-state index in [9.17, 15) is 4.79 Å². The van der Waals surface area contributed by atoms with Crippen LogP contribution in [0.4, 0.5) is 0 Å². The van der Waals surface area contributed by atoms with E-state index >= 15 is 0 Å². The molecule has 2 aliphatic carbocycles. The van der Waals surface area contributed by atoms with Crippen molar-refractivity contribution in [3.63, 3.8) is 0 Å². The molecule has 3 rings (SSSR count). The summed E-state index contributed by atoms with van der Waals surface area (Å²) in [4.78, 5) is 13.3. The summed E-state index contributed by atoms with van der Waals surface area (Å²) in [6, 6.07) is 1.58. The summed E-state index contributed by atoms with van der Waals surface area (Å²) in [5.74, 6) is 0.801. The van der Waals surface area contributed by atoms with E-state index in [0.29, 0.717) is 18.1 Å². The van der Waals surface area contributed by atoms with Crippen LogP contribution in [0, 0.1) is 11.8 Å². The first-order valence-electron chi connectivity index (χ1n) is 8.91. The van der Waals surface area contributed by atoms with E-state index in [1.54, 1.807) is 0 Å². The van der Waals surface area contributed by atoms with Crippen LogP contribution in [-0.2, 0) is 9.53 Å². The number of carboxylic acid groups (broad SMARTS) is 1. The molecule has 2 saturated carbocycles. The lowest BCUT2D eigenvalue weighted by Crippen LogP contribution is -2.56. The Bertz CT molecular complexity index is 374. The number of nitrogens with one attached hydrogen (secondary N) is 1. The lowest BCUT2D eigenvalue weighted by Gasteiger charge is -2.45. The molecule has 0 aromatic rings. The number of nitrogens with zero attached hydrogens (tertiary/aromatic N) is 1. The van der Waals surface area contributed by atoms with Crippen molar-refractivity contribution >= 4 is 5.97 Å². The molecule has 1 saturated heterocycles. The molecule has 1 unspecified atom stereocenters. The number of carboxylic acids is 1. The van der Waals surface area contributed by atoms with Gasteiger partial charge in [-0.2, -0.15) is 0 Å². The summed E-state index contributed by atoms with van der Waals surface area (Å²) < 4.78 is 5.43. The van der Waals surface area contributed by atoms with Crippen LogP contribution in [0.3, 0.4) is 0 Å². The van der Waals surface area contributed by atoms with Gasteiger partial charge >= 0.3 is 5.97 Å². The zero-order valence-electron chi connectivity index (χ0n) is 13.7. The van der Waals surface area contributed by atoms with E-state index < -0.39 is 5.97 Å². The van der Waals surface area contributed by atoms with Gasteiger partial charge in [0.15, 0.2) is 0 Å². The van der Waals surface area contributed by atoms with Crippen LogP contribution in [0.1, 0.15) is 45.4 Å². The Morgan fingerprint density at radius 3 is 2.55 bits per heavy atom. The van der Waals surface area contributed by atoms with Crippen molar-refractivity contribution in [3.8, 4) is 0 Å². The molecule has 0 aromatic carbocycles. The number of rotatable bonds is 8. The monoisotopic (exact) mass is 310 g/mol. The Morgan fingerprint density at radius 2 is 1.95 bits per heavy atom. The van der Waals surface area contributed by atoms with Gasteiger partial charge in [0.1, 0.15) is 0 Å². The zero-order chi connectivity index (χ0) is 15.5. The predicted molar refractivity (Wildman–Crippen MR) is 84.9 cm³/mol. The smallest absolute Gasteiger partial charge is 0.317 e. The molecule has 22 heavy (non-hydrogen) atoms. The third kappa shape index (κ3) is 4.43. The molecule has 5 nitrogen and oxygen atoms in total. The minimum absolute atomic E-state index is 0.212. The maximum atomic E-state index is 11.1. The standard InChI is InChI=1S/C17H30N2O3/c1-12(14-4-6-22-7-5-14)18-15-8-16(9-15)19(11-17(20)21)10-13-2-3-13/h12-16,18H,2-11H2,1H3,(H,20,21). The summed E-state index contributed by atoms with van der Waals surface area (Å²) in [6.45, 7) is 5.29. The second-order valence-corrected chi connectivity index (χ2v) is 7.49. The molecule has 0 aromatic heterocycles. The fourth-order valence-electron chi connectivity index (χ4n) is 3.89. The third-order valence-corrected chi connectivity index (χ3v) is 5.63. The molecule has 0 bridgehead atoms. The van der Waals surface area contributed by atoms with Gasteiger partial charge < -0.3 is 15.2 Å². The third-order valence-electron chi connectivity index (χ3n) is 5.63. The lowest BCUT2D eigenvalue weighted by molar-refractivity contribution is -0.139. The van der Waals surface area contributed by atoms with Crippen molar-refractivity contribution < 1.29 is 14.6 Å². The van der Waals surface area contributed by atoms with E-state index in [0.717, 1.165) is 57.3 Å². The van der Waals surface area contributed by atoms with E-state index in [2.05, 4.69) is 17.1 Å². The molecule has 3 aliphatic rings. The summed E-state index contributed by atoms with van der Waals surface area (Å²) >= 11 is 0. The maximum Gasteiger partial charge on any atom is 0.317 e. The van der Waals surface area contributed by atoms with Crippen LogP contribution < -0.4 is 5.32 Å². The first-order valence-corrected chi connectivity index (χ1v) is 8.91. The molecule has 0 amide bonds. The SMILES string of the molecule is CC(NC1CC(N(CC(=O)O)CC2CC2)C1)C1CCOCC1. The van der Waals surface area contributed by atoms with Crippen LogP contribution in [0.15, 0.2) is 0 Å². The minimum Gasteiger partial charge on any atom is -0.480 e. The Labute approximate surface area is 133 Å². The Kier molecular flexibility index (Phi) is 5.37. The van der Waals surface area contributed by atoms with Gasteiger partial charge in [-0.25, -0.2) is 0 Å². The van der Waals surface area contributed by atoms with Crippen LogP contribution >= 0.6 is 0 Å². The largest absolute Gasteiger partial charge is 0.480 e. The molecule has 1 aliphatic heterocycles. The fourth-order valence-corrected chi connectivity index (χ4v) is 3.89. The maximum absolute atomic E-state index is 11.1. The molecule has 0 radical (unpaired) electrons. The Balaban J connectivity index is 1.40. The quantitative estimate of drug-likeness (QED) is 0.715. The molecule has 1 atom stereocenters. The van der Waals surface area contributed by atoms with Crippen molar-refractivity contribution in [1.82, 2.24) is 10.2 Å². The summed E-state index contributed by atoms with van der Waals surface area (Å²) in [7, 11) is 0. The Morgan fingerprint density at radius 1 is 1.27 bits per heavy atom. The van der Waals surface area contributed by atoms with Gasteiger partial charge in [-0.1, -0.05) is 0 Å². The zero-order valence-corrected chi connectivity index (χ0v) is 13.7. The van der Waals surface area contributed by atoms with Gasteiger partial charge in [0.25, 0.3) is 0 Å². The highest BCUT2D eigenvalue weighted by atomic mass is 16.5. The average molecular weight is 310 g/mol. The number of carbonyl (C=O) groups is 1. The van der Waals surface area contributed by atoms with E-state index in [1.165, 1.54) is 12.8 Å². The molecular formula is C17H30N2O3. The molecular weight excluding hydrogens is 280 g/mol. The van der Waals surface area contributed by atoms with Gasteiger partial charge in [-0.3, -0.25) is 9.69 Å². The molecule has 0 spiro atoms. The summed E-state index contributed by atoms with van der Waals surface area (Å²) in [5, 5.41) is 12.9. The molecule has 126 valence electrons. The second kappa shape index (κ2) is 7.28. The predicted octanol–water partition coefficient (Wildman–Crippen LogP) is 1.72. The number of aliphatic carboxylic acids is 1. The van der Waals surface area contributed by atoms with Crippen molar-refractivity contribution in [1.29, 1.82) is 0 Å². The lowest BCUT2D eigenvalue weighted by atomic mass is 9.83. The van der Waals surface area contributed by atoms with Crippen LogP contribution in [-0.4, -0.2) is 60.4 Å². The van der Waals surface area contributed by atoms with Crippen LogP contribution in [0.2, 0.25) is 0 Å². The summed E-state index contributed by atoms with van der Waals surface area (Å²) in [5.41, 5.74) is 0. The normalized spacial score (nSPS) is 31.0. The van der Waals surface area contributed by atoms with Crippen molar-refractivity contribution in [2.75, 3.05) is 26.3 Å². The first kappa shape index (κ1) is 16.2. The van der Waals surface area contributed by atoms with Crippen molar-refractivity contribution in [3.05, 3.63) is 0 Å².